The summed E-state index contributed by atoms with van der Waals surface area (Å²) in [5.74, 6) is 0.377. The molecule has 39 heavy (non-hydrogen) atoms. The van der Waals surface area contributed by atoms with Gasteiger partial charge in [-0.1, -0.05) is 35.3 Å². The summed E-state index contributed by atoms with van der Waals surface area (Å²) in [4.78, 5) is 19.7. The van der Waals surface area contributed by atoms with Crippen molar-refractivity contribution in [3.8, 4) is 11.5 Å². The second kappa shape index (κ2) is 11.9. The number of hydrogen-bond donors (Lipinski definition) is 1. The third kappa shape index (κ3) is 5.86. The Bertz CT molecular complexity index is 1270. The molecule has 7 nitrogen and oxygen atoms in total. The molecule has 1 fully saturated rings. The lowest BCUT2D eigenvalue weighted by Gasteiger charge is -2.42. The van der Waals surface area contributed by atoms with Crippen molar-refractivity contribution < 1.29 is 18.8 Å². The summed E-state index contributed by atoms with van der Waals surface area (Å²) in [7, 11) is 0. The number of halogens is 2. The molecule has 5 rings (SSSR count). The molecule has 3 heterocycles. The quantitative estimate of drug-likeness (QED) is 0.342. The minimum absolute atomic E-state index is 0.127. The van der Waals surface area contributed by atoms with Gasteiger partial charge in [0.15, 0.2) is 16.4 Å². The van der Waals surface area contributed by atoms with Gasteiger partial charge in [0.1, 0.15) is 6.26 Å². The molecule has 2 atom stereocenters. The highest BCUT2D eigenvalue weighted by Gasteiger charge is 2.51. The first kappa shape index (κ1) is 28.1. The Morgan fingerprint density at radius 1 is 1.10 bits per heavy atom. The first-order valence-corrected chi connectivity index (χ1v) is 15.3. The fourth-order valence-electron chi connectivity index (χ4n) is 5.38. The summed E-state index contributed by atoms with van der Waals surface area (Å²) in [5, 5.41) is 3.40. The number of likely N-dealkylation sites (tertiary alicyclic amines) is 1. The number of aromatic nitrogens is 1. The highest BCUT2D eigenvalue weighted by molar-refractivity contribution is 7.90. The van der Waals surface area contributed by atoms with Crippen LogP contribution in [-0.2, 0) is 17.0 Å². The standard InChI is InChI=1S/C29H31Cl2N3O4S/c1-19(11-14-33-28(35)27-23(30)17-32-18-24(27)31)34-15-12-21(13-16-34)29(20-7-9-22(10-8-20)39(2)36)37-25-5-3-4-6-26(25)38-29/h3-10,17-19,21H,11-16H2,1-2H3,(H,33,35). The van der Waals surface area contributed by atoms with Crippen molar-refractivity contribution in [1.82, 2.24) is 15.2 Å². The van der Waals surface area contributed by atoms with Crippen LogP contribution in [0.1, 0.15) is 42.1 Å². The number of rotatable bonds is 8. The number of para-hydroxylation sites is 2. The largest absolute Gasteiger partial charge is 0.612 e. The molecule has 1 N–H and O–H groups in total. The van der Waals surface area contributed by atoms with E-state index >= 15 is 0 Å². The fraction of sp³-hybridized carbons (Fsp3) is 0.379. The molecule has 2 aliphatic heterocycles. The smallest absolute Gasteiger partial charge is 0.281 e. The lowest BCUT2D eigenvalue weighted by molar-refractivity contribution is -0.149. The first-order chi connectivity index (χ1) is 18.8. The average molecular weight is 589 g/mol. The number of nitrogens with one attached hydrogen (secondary N) is 1. The Morgan fingerprint density at radius 3 is 2.26 bits per heavy atom. The number of benzene rings is 2. The Morgan fingerprint density at radius 2 is 1.69 bits per heavy atom. The maximum Gasteiger partial charge on any atom is 0.281 e. The van der Waals surface area contributed by atoms with Crippen LogP contribution in [0.5, 0.6) is 11.5 Å². The van der Waals surface area contributed by atoms with E-state index in [1.54, 1.807) is 6.26 Å². The van der Waals surface area contributed by atoms with Crippen LogP contribution < -0.4 is 14.8 Å². The van der Waals surface area contributed by atoms with Crippen molar-refractivity contribution >= 4 is 40.3 Å². The van der Waals surface area contributed by atoms with E-state index in [9.17, 15) is 9.35 Å². The summed E-state index contributed by atoms with van der Waals surface area (Å²) in [5.41, 5.74) is 1.18. The van der Waals surface area contributed by atoms with Gasteiger partial charge in [-0.05, 0) is 86.8 Å². The zero-order valence-electron chi connectivity index (χ0n) is 21.9. The number of ether oxygens (including phenoxy) is 2. The monoisotopic (exact) mass is 587 g/mol. The molecule has 1 aromatic heterocycles. The van der Waals surface area contributed by atoms with E-state index in [0.29, 0.717) is 6.54 Å². The van der Waals surface area contributed by atoms with Crippen LogP contribution in [0.25, 0.3) is 0 Å². The number of hydrogen-bond acceptors (Lipinski definition) is 6. The SMILES string of the molecule is CC(CCNC(=O)c1c(Cl)cncc1Cl)N1CCC(C2(c3ccc([S+](C)[O-])cc3)Oc3ccccc3O2)CC1. The second-order valence-corrected chi connectivity index (χ2v) is 12.2. The van der Waals surface area contributed by atoms with Gasteiger partial charge in [0.2, 0.25) is 0 Å². The summed E-state index contributed by atoms with van der Waals surface area (Å²) >= 11 is 11.2. The number of fused-ring (bicyclic) bond motifs is 1. The van der Waals surface area contributed by atoms with Gasteiger partial charge >= 0.3 is 0 Å². The van der Waals surface area contributed by atoms with Gasteiger partial charge in [-0.25, -0.2) is 0 Å². The highest BCUT2D eigenvalue weighted by atomic mass is 35.5. The van der Waals surface area contributed by atoms with Crippen molar-refractivity contribution in [1.29, 1.82) is 0 Å². The van der Waals surface area contributed by atoms with Crippen LogP contribution in [0.2, 0.25) is 10.0 Å². The Hall–Kier alpha value is -2.49. The maximum absolute atomic E-state index is 12.6. The summed E-state index contributed by atoms with van der Waals surface area (Å²) in [6, 6.07) is 15.8. The van der Waals surface area contributed by atoms with Crippen LogP contribution in [0.4, 0.5) is 0 Å². The van der Waals surface area contributed by atoms with Crippen LogP contribution in [0.3, 0.4) is 0 Å². The average Bonchev–Trinajstić information content (AvgIpc) is 3.34. The van der Waals surface area contributed by atoms with E-state index in [1.165, 1.54) is 12.4 Å². The van der Waals surface area contributed by atoms with E-state index in [4.69, 9.17) is 32.7 Å². The molecule has 0 bridgehead atoms. The fourth-order valence-corrected chi connectivity index (χ4v) is 6.44. The van der Waals surface area contributed by atoms with E-state index in [-0.39, 0.29) is 33.5 Å². The Kier molecular flexibility index (Phi) is 8.59. The zero-order valence-corrected chi connectivity index (χ0v) is 24.2. The molecule has 0 aliphatic carbocycles. The van der Waals surface area contributed by atoms with Crippen molar-refractivity contribution in [2.24, 2.45) is 5.92 Å². The second-order valence-electron chi connectivity index (χ2n) is 9.98. The number of nitrogens with zero attached hydrogens (tertiary/aromatic N) is 2. The molecular formula is C29H31Cl2N3O4S. The highest BCUT2D eigenvalue weighted by Crippen LogP contribution is 2.50. The third-order valence-electron chi connectivity index (χ3n) is 7.58. The topological polar surface area (TPSA) is 86.8 Å². The van der Waals surface area contributed by atoms with Gasteiger partial charge in [0.25, 0.3) is 11.7 Å². The molecule has 1 saturated heterocycles. The Balaban J connectivity index is 1.22. The molecule has 0 saturated carbocycles. The molecule has 2 aromatic carbocycles. The summed E-state index contributed by atoms with van der Waals surface area (Å²) in [6.07, 6.45) is 7.06. The lowest BCUT2D eigenvalue weighted by Crippen LogP contribution is -2.50. The van der Waals surface area contributed by atoms with Gasteiger partial charge in [-0.3, -0.25) is 9.78 Å². The molecule has 2 aliphatic rings. The van der Waals surface area contributed by atoms with Gasteiger partial charge in [-0.15, -0.1) is 0 Å². The molecular weight excluding hydrogens is 557 g/mol. The number of amides is 1. The maximum atomic E-state index is 12.6. The predicted octanol–water partition coefficient (Wildman–Crippen LogP) is 5.67. The molecule has 10 heteroatoms. The molecule has 3 aromatic rings. The molecule has 2 unspecified atom stereocenters. The summed E-state index contributed by atoms with van der Waals surface area (Å²) in [6.45, 7) is 4.44. The van der Waals surface area contributed by atoms with Gasteiger partial charge < -0.3 is 24.2 Å². The Labute approximate surface area is 242 Å². The van der Waals surface area contributed by atoms with Crippen molar-refractivity contribution in [3.05, 3.63) is 82.1 Å². The van der Waals surface area contributed by atoms with Gasteiger partial charge in [-0.2, -0.15) is 0 Å². The number of pyridine rings is 1. The van der Waals surface area contributed by atoms with Crippen molar-refractivity contribution in [3.63, 3.8) is 0 Å². The normalized spacial score (nSPS) is 18.5. The van der Waals surface area contributed by atoms with E-state index in [2.05, 4.69) is 22.1 Å². The summed E-state index contributed by atoms with van der Waals surface area (Å²) < 4.78 is 25.1. The third-order valence-corrected chi connectivity index (χ3v) is 9.09. The minimum Gasteiger partial charge on any atom is -0.612 e. The molecule has 206 valence electrons. The van der Waals surface area contributed by atoms with Crippen LogP contribution >= 0.6 is 23.2 Å². The van der Waals surface area contributed by atoms with Crippen LogP contribution in [0, 0.1) is 5.92 Å². The molecule has 1 amide bonds. The van der Waals surface area contributed by atoms with E-state index in [0.717, 1.165) is 54.3 Å². The van der Waals surface area contributed by atoms with Crippen molar-refractivity contribution in [2.45, 2.75) is 42.9 Å². The number of piperidine rings is 1. The van der Waals surface area contributed by atoms with Gasteiger partial charge in [0, 0.05) is 36.5 Å². The van der Waals surface area contributed by atoms with Gasteiger partial charge in [0.05, 0.1) is 15.6 Å². The van der Waals surface area contributed by atoms with Crippen LogP contribution in [-0.4, -0.2) is 52.3 Å². The molecule has 0 radical (unpaired) electrons. The first-order valence-electron chi connectivity index (χ1n) is 13.0. The van der Waals surface area contributed by atoms with E-state index < -0.39 is 17.0 Å². The zero-order chi connectivity index (χ0) is 27.6. The van der Waals surface area contributed by atoms with Crippen LogP contribution in [0.15, 0.2) is 65.8 Å². The number of carbonyl (C=O) groups is 1. The minimum atomic E-state index is -1.06. The predicted molar refractivity (Wildman–Crippen MR) is 153 cm³/mol. The van der Waals surface area contributed by atoms with E-state index in [1.807, 2.05) is 48.5 Å². The lowest BCUT2D eigenvalue weighted by atomic mass is 9.83. The molecule has 0 spiro atoms. The van der Waals surface area contributed by atoms with Crippen molar-refractivity contribution in [2.75, 3.05) is 25.9 Å². The number of carbonyl (C=O) groups excluding carboxylic acids is 1.